The first kappa shape index (κ1) is 22.8. The zero-order chi connectivity index (χ0) is 22.3. The van der Waals surface area contributed by atoms with Crippen molar-refractivity contribution < 1.29 is 19.1 Å². The maximum Gasteiger partial charge on any atom is 0.293 e. The smallest absolute Gasteiger partial charge is 0.293 e. The van der Waals surface area contributed by atoms with Crippen LogP contribution in [0, 0.1) is 24.1 Å². The van der Waals surface area contributed by atoms with E-state index in [9.17, 15) is 14.4 Å². The summed E-state index contributed by atoms with van der Waals surface area (Å²) in [6, 6.07) is 6.72. The highest BCUT2D eigenvalue weighted by Crippen LogP contribution is 2.34. The number of carbonyl (C=O) groups excluding carboxylic acids is 1. The molecule has 3 N–H and O–H groups in total. The maximum atomic E-state index is 14.4. The van der Waals surface area contributed by atoms with Gasteiger partial charge in [-0.05, 0) is 24.6 Å². The van der Waals surface area contributed by atoms with Gasteiger partial charge in [-0.25, -0.2) is 9.87 Å². The SMILES string of the molecule is CC.Cc1ccc(Nc2c(C(=O)NOCCO)n(C)c3c(C#N)cncc23)c(F)c1. The fourth-order valence-corrected chi connectivity index (χ4v) is 2.95. The van der Waals surface area contributed by atoms with Crippen LogP contribution in [0.1, 0.15) is 35.5 Å². The number of fused-ring (bicyclic) bond motifs is 1. The van der Waals surface area contributed by atoms with E-state index in [0.29, 0.717) is 10.9 Å². The molecular formula is C21H24FN5O3. The summed E-state index contributed by atoms with van der Waals surface area (Å²) >= 11 is 0. The van der Waals surface area contributed by atoms with Crippen molar-refractivity contribution in [3.05, 3.63) is 53.2 Å². The number of aromatic nitrogens is 2. The summed E-state index contributed by atoms with van der Waals surface area (Å²) in [6.45, 7) is 5.42. The molecule has 30 heavy (non-hydrogen) atoms. The van der Waals surface area contributed by atoms with E-state index in [1.54, 1.807) is 26.1 Å². The van der Waals surface area contributed by atoms with Gasteiger partial charge in [0.25, 0.3) is 5.91 Å². The lowest BCUT2D eigenvalue weighted by molar-refractivity contribution is 0.0163. The largest absolute Gasteiger partial charge is 0.394 e. The Balaban J connectivity index is 0.00000155. The van der Waals surface area contributed by atoms with E-state index in [4.69, 9.17) is 9.94 Å². The fraction of sp³-hybridized carbons (Fsp3) is 0.286. The molecule has 1 aromatic carbocycles. The van der Waals surface area contributed by atoms with Gasteiger partial charge in [0, 0.05) is 24.8 Å². The van der Waals surface area contributed by atoms with E-state index in [1.165, 1.54) is 23.0 Å². The van der Waals surface area contributed by atoms with Crippen molar-refractivity contribution in [3.63, 3.8) is 0 Å². The summed E-state index contributed by atoms with van der Waals surface area (Å²) in [5.41, 5.74) is 4.31. The Morgan fingerprint density at radius 2 is 2.10 bits per heavy atom. The lowest BCUT2D eigenvalue weighted by atomic mass is 10.2. The van der Waals surface area contributed by atoms with Gasteiger partial charge >= 0.3 is 0 Å². The number of aliphatic hydroxyl groups excluding tert-OH is 1. The Morgan fingerprint density at radius 3 is 2.73 bits per heavy atom. The van der Waals surface area contributed by atoms with Crippen LogP contribution in [0.4, 0.5) is 15.8 Å². The molecule has 0 atom stereocenters. The Kier molecular flexibility index (Phi) is 7.86. The number of nitrogens with zero attached hydrogens (tertiary/aromatic N) is 3. The summed E-state index contributed by atoms with van der Waals surface area (Å²) in [5.74, 6) is -1.10. The van der Waals surface area contributed by atoms with Crippen LogP contribution in [0.5, 0.6) is 0 Å². The van der Waals surface area contributed by atoms with Crippen molar-refractivity contribution in [2.24, 2.45) is 7.05 Å². The van der Waals surface area contributed by atoms with Gasteiger partial charge in [0.15, 0.2) is 0 Å². The van der Waals surface area contributed by atoms with Crippen LogP contribution >= 0.6 is 0 Å². The minimum absolute atomic E-state index is 0.0873. The summed E-state index contributed by atoms with van der Waals surface area (Å²) in [5, 5.41) is 21.6. The van der Waals surface area contributed by atoms with Crippen molar-refractivity contribution in [2.75, 3.05) is 18.5 Å². The molecule has 0 saturated carbocycles. The van der Waals surface area contributed by atoms with E-state index in [0.717, 1.165) is 5.56 Å². The average Bonchev–Trinajstić information content (AvgIpc) is 3.03. The van der Waals surface area contributed by atoms with Crippen LogP contribution in [-0.2, 0) is 11.9 Å². The Labute approximate surface area is 173 Å². The van der Waals surface area contributed by atoms with Crippen molar-refractivity contribution in [1.29, 1.82) is 5.26 Å². The van der Waals surface area contributed by atoms with Gasteiger partial charge in [-0.1, -0.05) is 19.9 Å². The van der Waals surface area contributed by atoms with Crippen molar-refractivity contribution in [2.45, 2.75) is 20.8 Å². The van der Waals surface area contributed by atoms with Crippen LogP contribution in [0.15, 0.2) is 30.6 Å². The van der Waals surface area contributed by atoms with Crippen molar-refractivity contribution >= 4 is 28.2 Å². The topological polar surface area (TPSA) is 112 Å². The summed E-state index contributed by atoms with van der Waals surface area (Å²) in [7, 11) is 1.61. The second-order valence-corrected chi connectivity index (χ2v) is 6.09. The van der Waals surface area contributed by atoms with Gasteiger partial charge in [0.05, 0.1) is 35.7 Å². The first-order chi connectivity index (χ1) is 14.5. The Morgan fingerprint density at radius 1 is 1.37 bits per heavy atom. The third-order valence-corrected chi connectivity index (χ3v) is 4.17. The predicted molar refractivity (Wildman–Crippen MR) is 112 cm³/mol. The standard InChI is InChI=1S/C19H18FN5O3.C2H6/c1-11-3-4-15(14(20)7-11)23-16-13-10-22-9-12(8-21)17(13)25(2)18(16)19(27)24-28-6-5-26;1-2/h3-4,7,9-10,23,26H,5-6H2,1-2H3,(H,24,27);1-2H3. The molecule has 0 radical (unpaired) electrons. The third kappa shape index (κ3) is 4.56. The minimum atomic E-state index is -0.619. The van der Waals surface area contributed by atoms with E-state index in [2.05, 4.69) is 15.8 Å². The second-order valence-electron chi connectivity index (χ2n) is 6.09. The number of amides is 1. The number of nitriles is 1. The van der Waals surface area contributed by atoms with E-state index in [-0.39, 0.29) is 35.8 Å². The number of hydrogen-bond donors (Lipinski definition) is 3. The average molecular weight is 413 g/mol. The third-order valence-electron chi connectivity index (χ3n) is 4.17. The molecule has 1 amide bonds. The maximum absolute atomic E-state index is 14.4. The number of anilines is 2. The highest BCUT2D eigenvalue weighted by Gasteiger charge is 2.24. The number of hydroxylamine groups is 1. The van der Waals surface area contributed by atoms with Gasteiger partial charge in [-0.2, -0.15) is 5.26 Å². The molecule has 0 bridgehead atoms. The monoisotopic (exact) mass is 413 g/mol. The first-order valence-electron chi connectivity index (χ1n) is 9.40. The van der Waals surface area contributed by atoms with Crippen LogP contribution in [0.3, 0.4) is 0 Å². The van der Waals surface area contributed by atoms with Crippen LogP contribution in [0.25, 0.3) is 10.9 Å². The molecule has 3 rings (SSSR count). The van der Waals surface area contributed by atoms with Crippen LogP contribution < -0.4 is 10.8 Å². The molecule has 158 valence electrons. The number of halogens is 1. The molecule has 0 unspecified atom stereocenters. The van der Waals surface area contributed by atoms with E-state index in [1.807, 2.05) is 19.9 Å². The molecule has 8 nitrogen and oxygen atoms in total. The molecule has 0 fully saturated rings. The minimum Gasteiger partial charge on any atom is -0.394 e. The second kappa shape index (κ2) is 10.3. The lowest BCUT2D eigenvalue weighted by Gasteiger charge is -2.11. The number of aryl methyl sites for hydroxylation is 2. The normalized spacial score (nSPS) is 10.2. The summed E-state index contributed by atoms with van der Waals surface area (Å²) in [4.78, 5) is 21.6. The van der Waals surface area contributed by atoms with Crippen LogP contribution in [-0.4, -0.2) is 33.8 Å². The first-order valence-corrected chi connectivity index (χ1v) is 9.40. The van der Waals surface area contributed by atoms with Crippen molar-refractivity contribution in [1.82, 2.24) is 15.0 Å². The summed E-state index contributed by atoms with van der Waals surface area (Å²) in [6.07, 6.45) is 2.89. The van der Waals surface area contributed by atoms with Crippen LogP contribution in [0.2, 0.25) is 0 Å². The highest BCUT2D eigenvalue weighted by molar-refractivity contribution is 6.10. The number of benzene rings is 1. The van der Waals surface area contributed by atoms with Gasteiger partial charge in [0.2, 0.25) is 0 Å². The molecule has 0 aliphatic carbocycles. The van der Waals surface area contributed by atoms with E-state index >= 15 is 0 Å². The van der Waals surface area contributed by atoms with Gasteiger partial charge in [0.1, 0.15) is 17.6 Å². The fourth-order valence-electron chi connectivity index (χ4n) is 2.95. The molecule has 0 saturated heterocycles. The summed E-state index contributed by atoms with van der Waals surface area (Å²) < 4.78 is 15.9. The number of nitrogens with one attached hydrogen (secondary N) is 2. The Hall–Kier alpha value is -3.48. The molecule has 3 aromatic rings. The van der Waals surface area contributed by atoms with Gasteiger partial charge in [-0.3, -0.25) is 14.6 Å². The zero-order valence-corrected chi connectivity index (χ0v) is 17.3. The molecule has 0 spiro atoms. The molecule has 2 heterocycles. The highest BCUT2D eigenvalue weighted by atomic mass is 19.1. The molecular weight excluding hydrogens is 389 g/mol. The number of hydrogen-bond acceptors (Lipinski definition) is 6. The number of rotatable bonds is 6. The van der Waals surface area contributed by atoms with Gasteiger partial charge in [-0.15, -0.1) is 0 Å². The van der Waals surface area contributed by atoms with Crippen molar-refractivity contribution in [3.8, 4) is 6.07 Å². The van der Waals surface area contributed by atoms with E-state index < -0.39 is 11.7 Å². The molecule has 9 heteroatoms. The number of aliphatic hydroxyl groups is 1. The quantitative estimate of drug-likeness (QED) is 0.422. The zero-order valence-electron chi connectivity index (χ0n) is 17.3. The Bertz CT molecular complexity index is 1090. The molecule has 0 aliphatic rings. The number of carbonyl (C=O) groups is 1. The van der Waals surface area contributed by atoms with Gasteiger partial charge < -0.3 is 15.0 Å². The number of pyridine rings is 1. The molecule has 2 aromatic heterocycles. The predicted octanol–water partition coefficient (Wildman–Crippen LogP) is 3.32. The molecule has 0 aliphatic heterocycles. The lowest BCUT2D eigenvalue weighted by Crippen LogP contribution is -2.27.